The highest BCUT2D eigenvalue weighted by Gasteiger charge is 2.55. The van der Waals surface area contributed by atoms with Gasteiger partial charge in [-0.3, -0.25) is 9.59 Å². The smallest absolute Gasteiger partial charge is 0.237 e. The SMILES string of the molecule is Cc1ccc(F)cc1[C@H]1NC(=O)CC[C@]12C(=O)Nc1cc(Br)ccc12. The zero-order valence-electron chi connectivity index (χ0n) is 13.5. The maximum absolute atomic E-state index is 13.9. The summed E-state index contributed by atoms with van der Waals surface area (Å²) >= 11 is 3.42. The number of benzene rings is 2. The van der Waals surface area contributed by atoms with Crippen LogP contribution in [0.15, 0.2) is 40.9 Å². The fourth-order valence-corrected chi connectivity index (χ4v) is 4.34. The largest absolute Gasteiger partial charge is 0.348 e. The van der Waals surface area contributed by atoms with Crippen molar-refractivity contribution in [2.45, 2.75) is 31.2 Å². The molecule has 2 aliphatic rings. The third kappa shape index (κ3) is 2.39. The molecule has 2 N–H and O–H groups in total. The van der Waals surface area contributed by atoms with Crippen LogP contribution < -0.4 is 10.6 Å². The summed E-state index contributed by atoms with van der Waals surface area (Å²) < 4.78 is 14.8. The summed E-state index contributed by atoms with van der Waals surface area (Å²) in [6, 6.07) is 9.51. The van der Waals surface area contributed by atoms with E-state index in [0.29, 0.717) is 12.0 Å². The lowest BCUT2D eigenvalue weighted by atomic mass is 9.67. The Labute approximate surface area is 152 Å². The van der Waals surface area contributed by atoms with E-state index in [1.54, 1.807) is 6.07 Å². The number of hydrogen-bond acceptors (Lipinski definition) is 2. The normalized spacial score (nSPS) is 24.8. The molecule has 0 bridgehead atoms. The Morgan fingerprint density at radius 2 is 2.00 bits per heavy atom. The topological polar surface area (TPSA) is 58.2 Å². The molecule has 2 atom stereocenters. The molecule has 0 aromatic heterocycles. The number of piperidine rings is 1. The Balaban J connectivity index is 1.94. The van der Waals surface area contributed by atoms with Gasteiger partial charge in [-0.1, -0.05) is 28.1 Å². The maximum Gasteiger partial charge on any atom is 0.237 e. The molecule has 0 saturated carbocycles. The molecule has 128 valence electrons. The molecule has 0 radical (unpaired) electrons. The molecule has 2 aliphatic heterocycles. The van der Waals surface area contributed by atoms with Crippen LogP contribution in [0.5, 0.6) is 0 Å². The Kier molecular flexibility index (Phi) is 3.68. The number of fused-ring (bicyclic) bond motifs is 2. The van der Waals surface area contributed by atoms with Crippen molar-refractivity contribution < 1.29 is 14.0 Å². The van der Waals surface area contributed by atoms with Gasteiger partial charge in [-0.25, -0.2) is 4.39 Å². The third-order valence-electron chi connectivity index (χ3n) is 5.21. The predicted octanol–water partition coefficient (Wildman–Crippen LogP) is 3.74. The van der Waals surface area contributed by atoms with Crippen molar-refractivity contribution >= 4 is 33.4 Å². The summed E-state index contributed by atoms with van der Waals surface area (Å²) in [5.41, 5.74) is 2.12. The summed E-state index contributed by atoms with van der Waals surface area (Å²) in [4.78, 5) is 25.1. The van der Waals surface area contributed by atoms with Gasteiger partial charge in [0.2, 0.25) is 11.8 Å². The standard InChI is InChI=1S/C19H16BrFN2O2/c1-10-2-4-12(21)9-13(10)17-19(7-6-16(24)23-17)14-5-3-11(20)8-15(14)22-18(19)25/h2-5,8-9,17H,6-7H2,1H3,(H,22,25)(H,23,24)/t17-,19-/m1/s1. The number of carbonyl (C=O) groups is 2. The monoisotopic (exact) mass is 402 g/mol. The molecule has 2 aromatic rings. The minimum absolute atomic E-state index is 0.127. The average molecular weight is 403 g/mol. The van der Waals surface area contributed by atoms with Crippen molar-refractivity contribution in [3.8, 4) is 0 Å². The molecule has 4 rings (SSSR count). The number of halogens is 2. The van der Waals surface area contributed by atoms with Gasteiger partial charge in [0, 0.05) is 16.6 Å². The van der Waals surface area contributed by atoms with Gasteiger partial charge >= 0.3 is 0 Å². The lowest BCUT2D eigenvalue weighted by molar-refractivity contribution is -0.130. The van der Waals surface area contributed by atoms with Crippen molar-refractivity contribution in [1.29, 1.82) is 0 Å². The lowest BCUT2D eigenvalue weighted by Gasteiger charge is -2.41. The Morgan fingerprint density at radius 1 is 1.20 bits per heavy atom. The van der Waals surface area contributed by atoms with Crippen molar-refractivity contribution in [3.05, 3.63) is 63.4 Å². The van der Waals surface area contributed by atoms with Gasteiger partial charge in [0.25, 0.3) is 0 Å². The maximum atomic E-state index is 13.9. The Hall–Kier alpha value is -2.21. The third-order valence-corrected chi connectivity index (χ3v) is 5.71. The van der Waals surface area contributed by atoms with Crippen LogP contribution >= 0.6 is 15.9 Å². The molecule has 6 heteroatoms. The first kappa shape index (κ1) is 16.3. The van der Waals surface area contributed by atoms with Gasteiger partial charge in [-0.2, -0.15) is 0 Å². The van der Waals surface area contributed by atoms with Crippen LogP contribution in [0.25, 0.3) is 0 Å². The lowest BCUT2D eigenvalue weighted by Crippen LogP contribution is -2.52. The van der Waals surface area contributed by atoms with Gasteiger partial charge in [-0.15, -0.1) is 0 Å². The van der Waals surface area contributed by atoms with Gasteiger partial charge in [-0.05, 0) is 54.3 Å². The van der Waals surface area contributed by atoms with E-state index in [1.807, 2.05) is 25.1 Å². The minimum atomic E-state index is -0.928. The van der Waals surface area contributed by atoms with E-state index in [4.69, 9.17) is 0 Å². The number of hydrogen-bond donors (Lipinski definition) is 2. The molecule has 1 spiro atoms. The molecular formula is C19H16BrFN2O2. The highest BCUT2D eigenvalue weighted by atomic mass is 79.9. The van der Waals surface area contributed by atoms with Crippen molar-refractivity contribution in [3.63, 3.8) is 0 Å². The summed E-state index contributed by atoms with van der Waals surface area (Å²) in [6.07, 6.45) is 0.647. The first-order valence-electron chi connectivity index (χ1n) is 8.09. The molecule has 2 heterocycles. The molecule has 0 unspecified atom stereocenters. The number of nitrogens with one attached hydrogen (secondary N) is 2. The molecule has 1 fully saturated rings. The van der Waals surface area contributed by atoms with E-state index in [9.17, 15) is 14.0 Å². The zero-order chi connectivity index (χ0) is 17.8. The fourth-order valence-electron chi connectivity index (χ4n) is 3.98. The first-order valence-corrected chi connectivity index (χ1v) is 8.88. The second kappa shape index (κ2) is 5.66. The Morgan fingerprint density at radius 3 is 2.80 bits per heavy atom. The van der Waals surface area contributed by atoms with Crippen LogP contribution in [0, 0.1) is 12.7 Å². The minimum Gasteiger partial charge on any atom is -0.348 e. The molecule has 4 nitrogen and oxygen atoms in total. The van der Waals surface area contributed by atoms with E-state index in [1.165, 1.54) is 12.1 Å². The van der Waals surface area contributed by atoms with Crippen LogP contribution in [0.1, 0.15) is 35.6 Å². The number of rotatable bonds is 1. The number of carbonyl (C=O) groups excluding carboxylic acids is 2. The first-order chi connectivity index (χ1) is 11.9. The second-order valence-corrected chi connectivity index (χ2v) is 7.53. The van der Waals surface area contributed by atoms with Gasteiger partial charge in [0.1, 0.15) is 11.2 Å². The number of anilines is 1. The summed E-state index contributed by atoms with van der Waals surface area (Å²) in [5.74, 6) is -0.670. The van der Waals surface area contributed by atoms with Gasteiger partial charge < -0.3 is 10.6 Å². The van der Waals surface area contributed by atoms with E-state index in [0.717, 1.165) is 21.3 Å². The number of amides is 2. The van der Waals surface area contributed by atoms with Gasteiger partial charge in [0.05, 0.1) is 6.04 Å². The van der Waals surface area contributed by atoms with Crippen molar-refractivity contribution in [2.24, 2.45) is 0 Å². The van der Waals surface area contributed by atoms with Crippen LogP contribution in [-0.4, -0.2) is 11.8 Å². The van der Waals surface area contributed by atoms with Crippen LogP contribution in [0.2, 0.25) is 0 Å². The fraction of sp³-hybridized carbons (Fsp3) is 0.263. The van der Waals surface area contributed by atoms with E-state index in [2.05, 4.69) is 26.6 Å². The highest BCUT2D eigenvalue weighted by molar-refractivity contribution is 9.10. The van der Waals surface area contributed by atoms with E-state index < -0.39 is 11.5 Å². The summed E-state index contributed by atoms with van der Waals surface area (Å²) in [6.45, 7) is 1.86. The summed E-state index contributed by atoms with van der Waals surface area (Å²) in [5, 5.41) is 5.87. The Bertz CT molecular complexity index is 914. The van der Waals surface area contributed by atoms with Crippen molar-refractivity contribution in [1.82, 2.24) is 5.32 Å². The highest BCUT2D eigenvalue weighted by Crippen LogP contribution is 2.51. The predicted molar refractivity (Wildman–Crippen MR) is 95.7 cm³/mol. The number of aryl methyl sites for hydroxylation is 1. The average Bonchev–Trinajstić information content (AvgIpc) is 2.84. The molecule has 0 aliphatic carbocycles. The van der Waals surface area contributed by atoms with Crippen LogP contribution in [0.3, 0.4) is 0 Å². The van der Waals surface area contributed by atoms with E-state index >= 15 is 0 Å². The molecule has 1 saturated heterocycles. The molecule has 2 amide bonds. The summed E-state index contributed by atoms with van der Waals surface area (Å²) in [7, 11) is 0. The van der Waals surface area contributed by atoms with Crippen LogP contribution in [0.4, 0.5) is 10.1 Å². The second-order valence-electron chi connectivity index (χ2n) is 6.62. The zero-order valence-corrected chi connectivity index (χ0v) is 15.1. The molecule has 25 heavy (non-hydrogen) atoms. The van der Waals surface area contributed by atoms with Crippen LogP contribution in [-0.2, 0) is 15.0 Å². The van der Waals surface area contributed by atoms with E-state index in [-0.39, 0.29) is 24.1 Å². The quantitative estimate of drug-likeness (QED) is 0.763. The molecule has 2 aromatic carbocycles. The molecular weight excluding hydrogens is 387 g/mol. The van der Waals surface area contributed by atoms with Crippen molar-refractivity contribution in [2.75, 3.05) is 5.32 Å². The van der Waals surface area contributed by atoms with Gasteiger partial charge in [0.15, 0.2) is 0 Å².